The molecule has 0 fully saturated rings. The first-order valence-electron chi connectivity index (χ1n) is 9.41. The second-order valence-corrected chi connectivity index (χ2v) is 6.68. The van der Waals surface area contributed by atoms with Gasteiger partial charge < -0.3 is 25.4 Å². The van der Waals surface area contributed by atoms with Crippen molar-refractivity contribution < 1.29 is 18.7 Å². The van der Waals surface area contributed by atoms with Gasteiger partial charge in [0.1, 0.15) is 29.4 Å². The number of nitrogens with two attached hydrogens (primary N) is 2. The van der Waals surface area contributed by atoms with E-state index in [0.717, 1.165) is 18.4 Å². The van der Waals surface area contributed by atoms with Crippen molar-refractivity contribution in [2.75, 3.05) is 13.7 Å². The third-order valence-corrected chi connectivity index (χ3v) is 4.64. The lowest BCUT2D eigenvalue weighted by molar-refractivity contribution is -0.136. The van der Waals surface area contributed by atoms with Crippen LogP contribution in [0.25, 0.3) is 22.1 Å². The molecular formula is C22H26Br2N2O5. The summed E-state index contributed by atoms with van der Waals surface area (Å²) in [6.45, 7) is 0.560. The predicted molar refractivity (Wildman–Crippen MR) is 132 cm³/mol. The molecule has 168 valence electrons. The molecule has 0 radical (unpaired) electrons. The highest BCUT2D eigenvalue weighted by Gasteiger charge is 2.17. The minimum absolute atomic E-state index is 0. The molecule has 0 bridgehead atoms. The second-order valence-electron chi connectivity index (χ2n) is 6.68. The summed E-state index contributed by atoms with van der Waals surface area (Å²) < 4.78 is 16.1. The van der Waals surface area contributed by atoms with Gasteiger partial charge in [0.15, 0.2) is 5.43 Å². The van der Waals surface area contributed by atoms with Gasteiger partial charge in [-0.1, -0.05) is 18.6 Å². The highest BCUT2D eigenvalue weighted by Crippen LogP contribution is 2.24. The molecule has 3 rings (SSSR count). The van der Waals surface area contributed by atoms with E-state index in [1.807, 2.05) is 0 Å². The smallest absolute Gasteiger partial charge is 0.328 e. The Morgan fingerprint density at radius 3 is 2.39 bits per heavy atom. The van der Waals surface area contributed by atoms with Crippen molar-refractivity contribution in [2.24, 2.45) is 11.5 Å². The average Bonchev–Trinajstić information content (AvgIpc) is 2.74. The lowest BCUT2D eigenvalue weighted by Crippen LogP contribution is -2.34. The summed E-state index contributed by atoms with van der Waals surface area (Å²) in [6.07, 6.45) is 3.46. The molecule has 3 aromatic rings. The summed E-state index contributed by atoms with van der Waals surface area (Å²) in [5.74, 6) is 0.447. The van der Waals surface area contributed by atoms with Gasteiger partial charge in [-0.15, -0.1) is 34.0 Å². The largest absolute Gasteiger partial charge is 0.497 e. The van der Waals surface area contributed by atoms with Gasteiger partial charge in [0, 0.05) is 6.07 Å². The van der Waals surface area contributed by atoms with Gasteiger partial charge in [-0.2, -0.15) is 0 Å². The van der Waals surface area contributed by atoms with Gasteiger partial charge in [-0.25, -0.2) is 4.79 Å². The maximum absolute atomic E-state index is 12.8. The van der Waals surface area contributed by atoms with E-state index in [1.54, 1.807) is 43.5 Å². The molecule has 7 nitrogen and oxygen atoms in total. The number of hydrogen-bond acceptors (Lipinski definition) is 7. The van der Waals surface area contributed by atoms with Crippen LogP contribution in [0.4, 0.5) is 0 Å². The van der Waals surface area contributed by atoms with E-state index in [9.17, 15) is 9.59 Å². The van der Waals surface area contributed by atoms with E-state index >= 15 is 0 Å². The lowest BCUT2D eigenvalue weighted by Gasteiger charge is -2.11. The standard InChI is InChI=1S/C22H24N2O5.2BrH/c1-27-15-7-5-14(6-8-15)18-13-28-20-12-16(9-10-17(20)21(18)25)29-22(26)19(24)4-2-3-11-23;;/h5-10,12-13,19H,2-4,11,23-24H2,1H3;2*1H/t19-;;/m1../s1. The SMILES string of the molecule is Br.Br.COc1ccc(-c2coc3cc(OC(=O)[C@H](N)CCCCN)ccc3c2=O)cc1. The van der Waals surface area contributed by atoms with Crippen LogP contribution in [0.3, 0.4) is 0 Å². The van der Waals surface area contributed by atoms with Gasteiger partial charge in [0.05, 0.1) is 18.1 Å². The highest BCUT2D eigenvalue weighted by molar-refractivity contribution is 8.93. The van der Waals surface area contributed by atoms with Crippen LogP contribution in [-0.2, 0) is 4.79 Å². The number of rotatable bonds is 8. The molecule has 0 spiro atoms. The minimum Gasteiger partial charge on any atom is -0.497 e. The van der Waals surface area contributed by atoms with E-state index in [0.29, 0.717) is 35.2 Å². The molecule has 4 N–H and O–H groups in total. The van der Waals surface area contributed by atoms with Crippen molar-refractivity contribution in [3.63, 3.8) is 0 Å². The number of unbranched alkanes of at least 4 members (excludes halogenated alkanes) is 1. The number of carbonyl (C=O) groups excluding carboxylic acids is 1. The van der Waals surface area contributed by atoms with Crippen LogP contribution in [0.2, 0.25) is 0 Å². The Hall–Kier alpha value is -2.20. The molecular weight excluding hydrogens is 532 g/mol. The monoisotopic (exact) mass is 556 g/mol. The van der Waals surface area contributed by atoms with Crippen LogP contribution in [0.5, 0.6) is 11.5 Å². The number of hydrogen-bond donors (Lipinski definition) is 2. The Bertz CT molecular complexity index is 1050. The van der Waals surface area contributed by atoms with Gasteiger partial charge in [0.2, 0.25) is 0 Å². The first-order valence-corrected chi connectivity index (χ1v) is 9.41. The topological polar surface area (TPSA) is 118 Å². The first kappa shape index (κ1) is 26.8. The van der Waals surface area contributed by atoms with Gasteiger partial charge in [-0.3, -0.25) is 4.79 Å². The van der Waals surface area contributed by atoms with Crippen LogP contribution in [0.15, 0.2) is 57.9 Å². The molecule has 0 amide bonds. The molecule has 0 aliphatic heterocycles. The number of methoxy groups -OCH3 is 1. The Morgan fingerprint density at radius 1 is 1.06 bits per heavy atom. The maximum Gasteiger partial charge on any atom is 0.328 e. The fourth-order valence-corrected chi connectivity index (χ4v) is 2.96. The molecule has 9 heteroatoms. The number of ether oxygens (including phenoxy) is 2. The molecule has 1 atom stereocenters. The number of halogens is 2. The minimum atomic E-state index is -0.721. The summed E-state index contributed by atoms with van der Waals surface area (Å²) >= 11 is 0. The van der Waals surface area contributed by atoms with Crippen LogP contribution in [0.1, 0.15) is 19.3 Å². The molecule has 1 aromatic heterocycles. The van der Waals surface area contributed by atoms with Crippen molar-refractivity contribution in [3.05, 3.63) is 59.0 Å². The van der Waals surface area contributed by atoms with Crippen LogP contribution < -0.4 is 26.4 Å². The molecule has 0 saturated heterocycles. The Balaban J connectivity index is 0.00000240. The van der Waals surface area contributed by atoms with Crippen LogP contribution in [-0.4, -0.2) is 25.7 Å². The molecule has 2 aromatic carbocycles. The number of fused-ring (bicyclic) bond motifs is 1. The maximum atomic E-state index is 12.8. The molecule has 1 heterocycles. The fraction of sp³-hybridized carbons (Fsp3) is 0.273. The van der Waals surface area contributed by atoms with Crippen molar-refractivity contribution in [1.29, 1.82) is 0 Å². The third-order valence-electron chi connectivity index (χ3n) is 4.64. The highest BCUT2D eigenvalue weighted by atomic mass is 79.9. The molecule has 0 unspecified atom stereocenters. The molecule has 0 aliphatic rings. The summed E-state index contributed by atoms with van der Waals surface area (Å²) in [7, 11) is 1.58. The zero-order chi connectivity index (χ0) is 20.8. The number of esters is 1. The first-order chi connectivity index (χ1) is 14.0. The molecule has 0 saturated carbocycles. The second kappa shape index (κ2) is 12.6. The van der Waals surface area contributed by atoms with Crippen LogP contribution in [0, 0.1) is 0 Å². The van der Waals surface area contributed by atoms with Crippen molar-refractivity contribution in [3.8, 4) is 22.6 Å². The molecule has 0 aliphatic carbocycles. The average molecular weight is 558 g/mol. The zero-order valence-corrected chi connectivity index (χ0v) is 20.5. The number of benzene rings is 2. The van der Waals surface area contributed by atoms with E-state index in [1.165, 1.54) is 12.3 Å². The Morgan fingerprint density at radius 2 is 1.74 bits per heavy atom. The Labute approximate surface area is 201 Å². The van der Waals surface area contributed by atoms with Crippen LogP contribution >= 0.6 is 34.0 Å². The van der Waals surface area contributed by atoms with Gasteiger partial charge in [-0.05, 0) is 49.2 Å². The summed E-state index contributed by atoms with van der Waals surface area (Å²) in [5.41, 5.74) is 12.6. The lowest BCUT2D eigenvalue weighted by atomic mass is 10.1. The summed E-state index contributed by atoms with van der Waals surface area (Å²) in [5, 5.41) is 0.394. The Kier molecular flexibility index (Phi) is 10.9. The van der Waals surface area contributed by atoms with Gasteiger partial charge >= 0.3 is 5.97 Å². The van der Waals surface area contributed by atoms with Crippen molar-refractivity contribution >= 4 is 50.9 Å². The normalized spacial score (nSPS) is 11.2. The summed E-state index contributed by atoms with van der Waals surface area (Å²) in [4.78, 5) is 25.0. The van der Waals surface area contributed by atoms with Crippen molar-refractivity contribution in [2.45, 2.75) is 25.3 Å². The van der Waals surface area contributed by atoms with E-state index in [-0.39, 0.29) is 45.1 Å². The zero-order valence-electron chi connectivity index (χ0n) is 17.0. The molecule has 31 heavy (non-hydrogen) atoms. The predicted octanol–water partition coefficient (Wildman–Crippen LogP) is 3.99. The van der Waals surface area contributed by atoms with E-state index in [2.05, 4.69) is 0 Å². The number of carbonyl (C=O) groups is 1. The quantitative estimate of drug-likeness (QED) is 0.244. The van der Waals surface area contributed by atoms with E-state index in [4.69, 9.17) is 25.4 Å². The van der Waals surface area contributed by atoms with Crippen molar-refractivity contribution in [1.82, 2.24) is 0 Å². The van der Waals surface area contributed by atoms with E-state index < -0.39 is 12.0 Å². The third kappa shape index (κ3) is 6.64. The fourth-order valence-electron chi connectivity index (χ4n) is 2.96. The van der Waals surface area contributed by atoms with Gasteiger partial charge in [0.25, 0.3) is 0 Å². The summed E-state index contributed by atoms with van der Waals surface area (Å²) in [6, 6.07) is 11.1.